The van der Waals surface area contributed by atoms with Crippen molar-refractivity contribution < 1.29 is 30.0 Å². The van der Waals surface area contributed by atoms with Crippen LogP contribution in [0.3, 0.4) is 0 Å². The van der Waals surface area contributed by atoms with Gasteiger partial charge in [-0.05, 0) is 84.1 Å². The molecule has 0 amide bonds. The second-order valence-electron chi connectivity index (χ2n) is 10.2. The summed E-state index contributed by atoms with van der Waals surface area (Å²) in [5, 5.41) is 41.9. The Labute approximate surface area is 212 Å². The molecule has 3 rings (SSSR count). The van der Waals surface area contributed by atoms with E-state index in [1.165, 1.54) is 5.57 Å². The van der Waals surface area contributed by atoms with E-state index in [0.29, 0.717) is 5.75 Å². The van der Waals surface area contributed by atoms with E-state index in [1.54, 1.807) is 6.07 Å². The highest BCUT2D eigenvalue weighted by Crippen LogP contribution is 2.41. The van der Waals surface area contributed by atoms with Gasteiger partial charge in [0.1, 0.15) is 28.4 Å². The Morgan fingerprint density at radius 3 is 2.36 bits per heavy atom. The van der Waals surface area contributed by atoms with E-state index in [9.17, 15) is 25.2 Å². The molecule has 0 spiro atoms. The van der Waals surface area contributed by atoms with Crippen LogP contribution in [0, 0.1) is 0 Å². The van der Waals surface area contributed by atoms with E-state index in [2.05, 4.69) is 6.08 Å². The minimum Gasteiger partial charge on any atom is -0.507 e. The number of benzene rings is 2. The van der Waals surface area contributed by atoms with Crippen molar-refractivity contribution in [1.82, 2.24) is 0 Å². The van der Waals surface area contributed by atoms with Crippen molar-refractivity contribution in [3.05, 3.63) is 69.8 Å². The molecule has 6 nitrogen and oxygen atoms in total. The molecule has 0 saturated carbocycles. The zero-order valence-electron chi connectivity index (χ0n) is 21.7. The van der Waals surface area contributed by atoms with Crippen LogP contribution in [0.5, 0.6) is 28.7 Å². The molecular weight excluding hydrogens is 456 g/mol. The first kappa shape index (κ1) is 26.9. The van der Waals surface area contributed by atoms with Crippen LogP contribution in [0.15, 0.2) is 47.6 Å². The quantitative estimate of drug-likeness (QED) is 0.228. The number of carbonyl (C=O) groups is 1. The van der Waals surface area contributed by atoms with E-state index < -0.39 is 22.9 Å². The minimum atomic E-state index is -0.521. The molecule has 6 heteroatoms. The summed E-state index contributed by atoms with van der Waals surface area (Å²) in [4.78, 5) is 13.0. The summed E-state index contributed by atoms with van der Waals surface area (Å²) < 4.78 is 5.83. The third kappa shape index (κ3) is 6.51. The van der Waals surface area contributed by atoms with Crippen LogP contribution in [0.4, 0.5) is 0 Å². The highest BCUT2D eigenvalue weighted by Gasteiger charge is 2.25. The van der Waals surface area contributed by atoms with Crippen molar-refractivity contribution in [1.29, 1.82) is 0 Å². The maximum absolute atomic E-state index is 13.0. The SMILES string of the molecule is CC(C)=CCC/C(C)=C/Cc1c(O)cc(O)c(C(=O)CCc2cc(O)c3c(c2)C=CC(C)(C)O3)c1O. The summed E-state index contributed by atoms with van der Waals surface area (Å²) in [5.74, 6) is -1.19. The lowest BCUT2D eigenvalue weighted by molar-refractivity contribution is 0.0977. The number of Topliss-reactive ketones (excluding diaryl/α,β-unsaturated/α-hetero) is 1. The van der Waals surface area contributed by atoms with E-state index >= 15 is 0 Å². The van der Waals surface area contributed by atoms with Gasteiger partial charge in [-0.1, -0.05) is 29.4 Å². The van der Waals surface area contributed by atoms with Crippen LogP contribution >= 0.6 is 0 Å². The fourth-order valence-electron chi connectivity index (χ4n) is 4.17. The molecule has 0 saturated heterocycles. The third-order valence-corrected chi connectivity index (χ3v) is 6.21. The van der Waals surface area contributed by atoms with Gasteiger partial charge in [-0.15, -0.1) is 0 Å². The number of phenols is 4. The average molecular weight is 493 g/mol. The van der Waals surface area contributed by atoms with E-state index in [1.807, 2.05) is 58.9 Å². The standard InChI is InChI=1S/C30H36O6/c1-18(2)7-6-8-19(3)9-11-22-24(32)17-25(33)27(28(22)35)23(31)12-10-20-15-21-13-14-30(4,5)36-29(21)26(34)16-20/h7,9,13-17,32-35H,6,8,10-12H2,1-5H3/b19-9+. The van der Waals surface area contributed by atoms with Crippen molar-refractivity contribution >= 4 is 11.9 Å². The normalized spacial score (nSPS) is 14.2. The Kier molecular flexibility index (Phi) is 8.18. The molecule has 2 aromatic rings. The number of rotatable bonds is 9. The molecular formula is C30H36O6. The minimum absolute atomic E-state index is 0.00278. The zero-order chi connectivity index (χ0) is 26.6. The summed E-state index contributed by atoms with van der Waals surface area (Å²) in [5.41, 5.74) is 3.27. The van der Waals surface area contributed by atoms with Gasteiger partial charge in [0.05, 0.1) is 0 Å². The summed E-state index contributed by atoms with van der Waals surface area (Å²) in [6.07, 6.45) is 10.1. The van der Waals surface area contributed by atoms with E-state index in [-0.39, 0.29) is 41.9 Å². The maximum Gasteiger partial charge on any atom is 0.170 e. The third-order valence-electron chi connectivity index (χ3n) is 6.21. The van der Waals surface area contributed by atoms with Gasteiger partial charge < -0.3 is 25.2 Å². The van der Waals surface area contributed by atoms with Crippen LogP contribution < -0.4 is 4.74 Å². The molecule has 0 aromatic heterocycles. The first-order valence-electron chi connectivity index (χ1n) is 12.2. The van der Waals surface area contributed by atoms with Crippen LogP contribution in [0.1, 0.15) is 80.9 Å². The number of hydrogen-bond acceptors (Lipinski definition) is 6. The first-order chi connectivity index (χ1) is 16.9. The number of allylic oxidation sites excluding steroid dienone is 4. The fourth-order valence-corrected chi connectivity index (χ4v) is 4.17. The van der Waals surface area contributed by atoms with Gasteiger partial charge in [-0.3, -0.25) is 4.79 Å². The molecule has 1 aliphatic heterocycles. The zero-order valence-corrected chi connectivity index (χ0v) is 21.7. The number of fused-ring (bicyclic) bond motifs is 1. The predicted octanol–water partition coefficient (Wildman–Crippen LogP) is 6.74. The summed E-state index contributed by atoms with van der Waals surface area (Å²) in [6.45, 7) is 9.86. The molecule has 0 atom stereocenters. The van der Waals surface area contributed by atoms with Gasteiger partial charge >= 0.3 is 0 Å². The van der Waals surface area contributed by atoms with Crippen molar-refractivity contribution in [2.45, 2.75) is 72.3 Å². The average Bonchev–Trinajstić information content (AvgIpc) is 2.77. The second-order valence-corrected chi connectivity index (χ2v) is 10.2. The van der Waals surface area contributed by atoms with Gasteiger partial charge in [0.25, 0.3) is 0 Å². The number of hydrogen-bond donors (Lipinski definition) is 4. The molecule has 0 radical (unpaired) electrons. The Hall–Kier alpha value is -3.67. The van der Waals surface area contributed by atoms with E-state index in [0.717, 1.165) is 35.6 Å². The fraction of sp³-hybridized carbons (Fsp3) is 0.367. The largest absolute Gasteiger partial charge is 0.507 e. The van der Waals surface area contributed by atoms with Gasteiger partial charge in [0.15, 0.2) is 17.3 Å². The van der Waals surface area contributed by atoms with Crippen molar-refractivity contribution in [2.75, 3.05) is 0 Å². The van der Waals surface area contributed by atoms with Gasteiger partial charge in [-0.2, -0.15) is 0 Å². The van der Waals surface area contributed by atoms with Gasteiger partial charge in [-0.25, -0.2) is 0 Å². The number of carbonyl (C=O) groups excluding carboxylic acids is 1. The number of phenolic OH excluding ortho intramolecular Hbond substituents is 4. The number of ether oxygens (including phenoxy) is 1. The summed E-state index contributed by atoms with van der Waals surface area (Å²) >= 11 is 0. The molecule has 1 heterocycles. The smallest absolute Gasteiger partial charge is 0.170 e. The molecule has 0 unspecified atom stereocenters. The topological polar surface area (TPSA) is 107 Å². The Morgan fingerprint density at radius 2 is 1.67 bits per heavy atom. The Morgan fingerprint density at radius 1 is 0.944 bits per heavy atom. The highest BCUT2D eigenvalue weighted by atomic mass is 16.5. The summed E-state index contributed by atoms with van der Waals surface area (Å²) in [6, 6.07) is 4.51. The summed E-state index contributed by atoms with van der Waals surface area (Å²) in [7, 11) is 0. The lowest BCUT2D eigenvalue weighted by Gasteiger charge is -2.28. The molecule has 0 aliphatic carbocycles. The first-order valence-corrected chi connectivity index (χ1v) is 12.2. The van der Waals surface area contributed by atoms with Crippen LogP contribution in [0.25, 0.3) is 6.08 Å². The number of aryl methyl sites for hydroxylation is 1. The molecule has 192 valence electrons. The maximum atomic E-state index is 13.0. The predicted molar refractivity (Wildman–Crippen MR) is 142 cm³/mol. The number of aromatic hydroxyl groups is 4. The molecule has 2 aromatic carbocycles. The van der Waals surface area contributed by atoms with E-state index in [4.69, 9.17) is 4.74 Å². The van der Waals surface area contributed by atoms with Crippen LogP contribution in [0.2, 0.25) is 0 Å². The lowest BCUT2D eigenvalue weighted by atomic mass is 9.95. The van der Waals surface area contributed by atoms with Gasteiger partial charge in [0, 0.05) is 23.6 Å². The molecule has 4 N–H and O–H groups in total. The molecule has 0 bridgehead atoms. The van der Waals surface area contributed by atoms with Gasteiger partial charge in [0.2, 0.25) is 0 Å². The van der Waals surface area contributed by atoms with Crippen molar-refractivity contribution in [3.63, 3.8) is 0 Å². The molecule has 0 fully saturated rings. The second kappa shape index (κ2) is 10.9. The Bertz CT molecular complexity index is 1240. The Balaban J connectivity index is 1.76. The lowest BCUT2D eigenvalue weighted by Crippen LogP contribution is -2.27. The van der Waals surface area contributed by atoms with Crippen molar-refractivity contribution in [3.8, 4) is 28.7 Å². The molecule has 36 heavy (non-hydrogen) atoms. The number of ketones is 1. The van der Waals surface area contributed by atoms with Crippen molar-refractivity contribution in [2.24, 2.45) is 0 Å². The highest BCUT2D eigenvalue weighted by molar-refractivity contribution is 6.02. The van der Waals surface area contributed by atoms with Crippen LogP contribution in [-0.4, -0.2) is 31.8 Å². The molecule has 1 aliphatic rings. The monoisotopic (exact) mass is 492 g/mol. The van der Waals surface area contributed by atoms with Crippen LogP contribution in [-0.2, 0) is 12.8 Å².